The summed E-state index contributed by atoms with van der Waals surface area (Å²) in [5.41, 5.74) is 0.436. The zero-order valence-corrected chi connectivity index (χ0v) is 24.1. The highest BCUT2D eigenvalue weighted by molar-refractivity contribution is 5.99. The second-order valence-corrected chi connectivity index (χ2v) is 11.4. The lowest BCUT2D eigenvalue weighted by Crippen LogP contribution is -2.50. The van der Waals surface area contributed by atoms with E-state index in [2.05, 4.69) is 27.5 Å². The molecule has 1 aliphatic heterocycles. The number of pyridine rings is 1. The van der Waals surface area contributed by atoms with E-state index in [1.54, 1.807) is 16.8 Å². The highest BCUT2D eigenvalue weighted by atomic mass is 19.4. The van der Waals surface area contributed by atoms with E-state index >= 15 is 0 Å². The van der Waals surface area contributed by atoms with Crippen molar-refractivity contribution in [2.45, 2.75) is 76.8 Å². The monoisotopic (exact) mass is 593 g/mol. The van der Waals surface area contributed by atoms with E-state index < -0.39 is 48.7 Å². The Morgan fingerprint density at radius 1 is 1.17 bits per heavy atom. The molecule has 1 unspecified atom stereocenters. The first-order valence-corrected chi connectivity index (χ1v) is 14.1. The van der Waals surface area contributed by atoms with Gasteiger partial charge in [0.05, 0.1) is 19.2 Å². The van der Waals surface area contributed by atoms with E-state index in [0.717, 1.165) is 30.6 Å². The van der Waals surface area contributed by atoms with Crippen LogP contribution in [0.4, 0.5) is 23.8 Å². The smallest absolute Gasteiger partial charge is 0.382 e. The number of hydrogen-bond acceptors (Lipinski definition) is 6. The topological polar surface area (TPSA) is 130 Å². The number of urea groups is 1. The lowest BCUT2D eigenvalue weighted by Gasteiger charge is -2.32. The van der Waals surface area contributed by atoms with Crippen molar-refractivity contribution in [3.05, 3.63) is 42.1 Å². The molecule has 42 heavy (non-hydrogen) atoms. The zero-order valence-electron chi connectivity index (χ0n) is 24.1. The van der Waals surface area contributed by atoms with Crippen LogP contribution < -0.4 is 16.0 Å². The summed E-state index contributed by atoms with van der Waals surface area (Å²) in [6, 6.07) is -1.53. The molecule has 2 aliphatic rings. The van der Waals surface area contributed by atoms with Gasteiger partial charge in [0.2, 0.25) is 5.91 Å². The first-order chi connectivity index (χ1) is 19.9. The van der Waals surface area contributed by atoms with Gasteiger partial charge in [-0.25, -0.2) is 14.8 Å². The van der Waals surface area contributed by atoms with Crippen molar-refractivity contribution in [1.29, 1.82) is 0 Å². The maximum atomic E-state index is 13.7. The lowest BCUT2D eigenvalue weighted by atomic mass is 9.79. The number of methoxy groups -OCH3 is 1. The van der Waals surface area contributed by atoms with Crippen LogP contribution in [0.5, 0.6) is 0 Å². The number of alkyl halides is 3. The minimum atomic E-state index is -4.60. The molecule has 3 N–H and O–H groups in total. The number of carbonyl (C=O) groups excluding carboxylic acids is 3. The summed E-state index contributed by atoms with van der Waals surface area (Å²) in [6.45, 7) is 5.36. The molecular weight excluding hydrogens is 555 g/mol. The number of anilines is 1. The van der Waals surface area contributed by atoms with Gasteiger partial charge in [-0.2, -0.15) is 13.2 Å². The Labute approximate surface area is 242 Å². The van der Waals surface area contributed by atoms with E-state index in [0.29, 0.717) is 11.5 Å². The Kier molecular flexibility index (Phi) is 9.74. The first-order valence-electron chi connectivity index (χ1n) is 14.1. The summed E-state index contributed by atoms with van der Waals surface area (Å²) in [6.07, 6.45) is 3.41. The van der Waals surface area contributed by atoms with Crippen molar-refractivity contribution in [3.8, 4) is 0 Å². The molecule has 11 nitrogen and oxygen atoms in total. The number of nitrogens with zero attached hydrogens (tertiary/aromatic N) is 4. The van der Waals surface area contributed by atoms with Crippen molar-refractivity contribution < 1.29 is 32.3 Å². The van der Waals surface area contributed by atoms with Crippen molar-refractivity contribution in [3.63, 3.8) is 0 Å². The summed E-state index contributed by atoms with van der Waals surface area (Å²) in [5, 5.41) is 7.64. The van der Waals surface area contributed by atoms with E-state index in [-0.39, 0.29) is 30.2 Å². The summed E-state index contributed by atoms with van der Waals surface area (Å²) >= 11 is 0. The van der Waals surface area contributed by atoms with Crippen LogP contribution >= 0.6 is 0 Å². The maximum absolute atomic E-state index is 13.7. The predicted molar refractivity (Wildman–Crippen MR) is 148 cm³/mol. The Morgan fingerprint density at radius 2 is 1.88 bits per heavy atom. The molecule has 3 heterocycles. The lowest BCUT2D eigenvalue weighted by molar-refractivity contribution is -0.150. The SMILES string of the molecule is COCC(c1ccnc(NC(=O)[C@H](NC(=O)c2nccn2C(C)C)C2CCC(C)CC2)c1)N1C[C@@H](C(F)(F)F)NC1=O. The van der Waals surface area contributed by atoms with Crippen molar-refractivity contribution in [2.24, 2.45) is 11.8 Å². The minimum Gasteiger partial charge on any atom is -0.382 e. The van der Waals surface area contributed by atoms with Gasteiger partial charge in [-0.3, -0.25) is 9.59 Å². The third kappa shape index (κ3) is 7.20. The van der Waals surface area contributed by atoms with Crippen LogP contribution in [0, 0.1) is 11.8 Å². The quantitative estimate of drug-likeness (QED) is 0.381. The summed E-state index contributed by atoms with van der Waals surface area (Å²) < 4.78 is 46.8. The number of nitrogens with one attached hydrogen (secondary N) is 3. The Bertz CT molecular complexity index is 1260. The average molecular weight is 594 g/mol. The Balaban J connectivity index is 1.55. The number of carbonyl (C=O) groups is 3. The van der Waals surface area contributed by atoms with Gasteiger partial charge in [-0.1, -0.05) is 19.8 Å². The molecule has 0 radical (unpaired) electrons. The summed E-state index contributed by atoms with van der Waals surface area (Å²) in [5.74, 6) is -0.169. The second-order valence-electron chi connectivity index (χ2n) is 11.4. The summed E-state index contributed by atoms with van der Waals surface area (Å²) in [7, 11) is 1.38. The van der Waals surface area contributed by atoms with Crippen molar-refractivity contribution >= 4 is 23.7 Å². The third-order valence-corrected chi connectivity index (χ3v) is 7.98. The van der Waals surface area contributed by atoms with Crippen molar-refractivity contribution in [1.82, 2.24) is 30.1 Å². The molecular formula is C28H38F3N7O4. The number of imidazole rings is 1. The Morgan fingerprint density at radius 3 is 2.50 bits per heavy atom. The average Bonchev–Trinajstić information content (AvgIpc) is 3.58. The van der Waals surface area contributed by atoms with E-state index in [1.165, 1.54) is 25.6 Å². The van der Waals surface area contributed by atoms with E-state index in [1.807, 2.05) is 19.2 Å². The number of ether oxygens (including phenoxy) is 1. The molecule has 2 fully saturated rings. The van der Waals surface area contributed by atoms with Crippen LogP contribution in [0.25, 0.3) is 0 Å². The molecule has 14 heteroatoms. The third-order valence-electron chi connectivity index (χ3n) is 7.98. The molecule has 230 valence electrons. The largest absolute Gasteiger partial charge is 0.410 e. The van der Waals surface area contributed by atoms with Crippen LogP contribution in [-0.4, -0.2) is 75.8 Å². The molecule has 4 rings (SSSR count). The number of hydrogen-bond donors (Lipinski definition) is 3. The molecule has 1 saturated heterocycles. The van der Waals surface area contributed by atoms with Gasteiger partial charge in [0.1, 0.15) is 17.9 Å². The molecule has 0 aromatic carbocycles. The van der Waals surface area contributed by atoms with Gasteiger partial charge < -0.3 is 30.2 Å². The highest BCUT2D eigenvalue weighted by Gasteiger charge is 2.48. The molecule has 2 aromatic rings. The number of halogens is 3. The maximum Gasteiger partial charge on any atom is 0.410 e. The molecule has 1 aliphatic carbocycles. The van der Waals surface area contributed by atoms with Crippen LogP contribution in [-0.2, 0) is 9.53 Å². The fourth-order valence-electron chi connectivity index (χ4n) is 5.59. The Hall–Kier alpha value is -3.68. The van der Waals surface area contributed by atoms with Crippen LogP contribution in [0.1, 0.15) is 74.7 Å². The van der Waals surface area contributed by atoms with Gasteiger partial charge >= 0.3 is 12.2 Å². The zero-order chi connectivity index (χ0) is 30.6. The van der Waals surface area contributed by atoms with E-state index in [9.17, 15) is 27.6 Å². The molecule has 0 spiro atoms. The van der Waals surface area contributed by atoms with Crippen LogP contribution in [0.2, 0.25) is 0 Å². The normalized spacial score (nSPS) is 22.5. The van der Waals surface area contributed by atoms with Gasteiger partial charge in [0, 0.05) is 31.7 Å². The van der Waals surface area contributed by atoms with Crippen LogP contribution in [0.15, 0.2) is 30.7 Å². The van der Waals surface area contributed by atoms with Crippen molar-refractivity contribution in [2.75, 3.05) is 25.6 Å². The molecule has 0 bridgehead atoms. The van der Waals surface area contributed by atoms with Gasteiger partial charge in [0.15, 0.2) is 5.82 Å². The first kappa shape index (κ1) is 31.3. The van der Waals surface area contributed by atoms with Gasteiger partial charge in [-0.15, -0.1) is 0 Å². The second kappa shape index (κ2) is 13.1. The molecule has 1 saturated carbocycles. The van der Waals surface area contributed by atoms with E-state index in [4.69, 9.17) is 4.74 Å². The standard InChI is InChI=1S/C28H38F3N7O4/c1-16(2)37-12-11-33-24(37)26(40)36-23(18-7-5-17(3)6-8-18)25(39)35-22-13-19(9-10-32-22)20(15-42-4)38-14-21(28(29,30)31)34-27(38)41/h9-13,16-18,20-21,23H,5-8,14-15H2,1-4H3,(H,34,41)(H,36,40)(H,32,35,39)/t17?,18?,20?,21-,23+/m0/s1. The number of amides is 4. The predicted octanol–water partition coefficient (Wildman–Crippen LogP) is 4.07. The number of rotatable bonds is 10. The fraction of sp³-hybridized carbons (Fsp3) is 0.607. The molecule has 3 atom stereocenters. The fourth-order valence-corrected chi connectivity index (χ4v) is 5.59. The minimum absolute atomic E-state index is 0.00728. The van der Waals surface area contributed by atoms with Gasteiger partial charge in [-0.05, 0) is 56.2 Å². The van der Waals surface area contributed by atoms with Crippen LogP contribution in [0.3, 0.4) is 0 Å². The van der Waals surface area contributed by atoms with Gasteiger partial charge in [0.25, 0.3) is 5.91 Å². The molecule has 2 aromatic heterocycles. The summed E-state index contributed by atoms with van der Waals surface area (Å²) in [4.78, 5) is 48.9. The highest BCUT2D eigenvalue weighted by Crippen LogP contribution is 2.33. The molecule has 4 amide bonds. The number of aromatic nitrogens is 3.